The van der Waals surface area contributed by atoms with Gasteiger partial charge in [-0.25, -0.2) is 5.06 Å². The molecule has 9 heteroatoms. The lowest BCUT2D eigenvalue weighted by atomic mass is 10.1. The highest BCUT2D eigenvalue weighted by Gasteiger charge is 2.35. The highest BCUT2D eigenvalue weighted by Crippen LogP contribution is 2.40. The second kappa shape index (κ2) is 5.88. The monoisotopic (exact) mass is 357 g/mol. The summed E-state index contributed by atoms with van der Waals surface area (Å²) in [5.74, 6) is 0. The highest BCUT2D eigenvalue weighted by atomic mass is 19.4. The van der Waals surface area contributed by atoms with Crippen LogP contribution in [0.4, 0.5) is 18.9 Å². The second-order valence-corrected chi connectivity index (χ2v) is 5.52. The molecule has 0 fully saturated rings. The Bertz CT molecular complexity index is 993. The number of fused-ring (bicyclic) bond motifs is 1. The normalized spacial score (nSPS) is 18.9. The maximum absolute atomic E-state index is 12.8. The Hall–Kier alpha value is -3.33. The fourth-order valence-electron chi connectivity index (χ4n) is 2.58. The molecule has 0 atom stereocenters. The van der Waals surface area contributed by atoms with Gasteiger partial charge in [-0.2, -0.15) is 13.2 Å². The minimum Gasteiger partial charge on any atom is -0.284 e. The first kappa shape index (κ1) is 16.2. The topological polar surface area (TPSA) is 74.0 Å². The van der Waals surface area contributed by atoms with Crippen LogP contribution in [0, 0.1) is 0 Å². The van der Waals surface area contributed by atoms with Gasteiger partial charge in [-0.05, 0) is 30.4 Å². The van der Waals surface area contributed by atoms with Crippen LogP contribution < -0.4 is 0 Å². The summed E-state index contributed by atoms with van der Waals surface area (Å²) in [5, 5.41) is 18.3. The van der Waals surface area contributed by atoms with Crippen LogP contribution in [0.5, 0.6) is 0 Å². The lowest BCUT2D eigenvalue weighted by molar-refractivity contribution is -0.0938. The number of halogens is 3. The van der Waals surface area contributed by atoms with Crippen molar-refractivity contribution in [3.8, 4) is 11.3 Å². The molecule has 0 bridgehead atoms. The van der Waals surface area contributed by atoms with E-state index in [0.29, 0.717) is 28.2 Å². The van der Waals surface area contributed by atoms with Crippen molar-refractivity contribution in [3.05, 3.63) is 72.0 Å². The van der Waals surface area contributed by atoms with Gasteiger partial charge in [0.15, 0.2) is 0 Å². The maximum atomic E-state index is 12.8. The van der Waals surface area contributed by atoms with E-state index in [4.69, 9.17) is 0 Å². The molecule has 2 aliphatic rings. The molecule has 26 heavy (non-hydrogen) atoms. The maximum Gasteiger partial charge on any atom is 0.417 e. The highest BCUT2D eigenvalue weighted by molar-refractivity contribution is 5.82. The quantitative estimate of drug-likeness (QED) is 0.808. The molecule has 4 heterocycles. The fourth-order valence-corrected chi connectivity index (χ4v) is 2.58. The van der Waals surface area contributed by atoms with E-state index in [2.05, 4.69) is 20.2 Å². The molecule has 0 radical (unpaired) electrons. The standard InChI is InChI=1S/C17H10F3N5O/c18-17(19,20)11-3-4-15(25(26)9-11)16-12-6-13(10-2-1-5-21-7-10)22-8-14(12)23-24-16/h1-9,26H. The summed E-state index contributed by atoms with van der Waals surface area (Å²) in [7, 11) is 0. The molecule has 130 valence electrons. The zero-order valence-electron chi connectivity index (χ0n) is 13.0. The third-order valence-electron chi connectivity index (χ3n) is 3.85. The first-order chi connectivity index (χ1) is 12.4. The number of nitrogens with zero attached hydrogens (tertiary/aromatic N) is 5. The van der Waals surface area contributed by atoms with E-state index in [1.54, 1.807) is 24.5 Å². The number of allylic oxidation sites excluding steroid dienone is 3. The molecule has 0 amide bonds. The Morgan fingerprint density at radius 1 is 1.08 bits per heavy atom. The van der Waals surface area contributed by atoms with E-state index in [1.165, 1.54) is 6.20 Å². The molecule has 0 aromatic carbocycles. The van der Waals surface area contributed by atoms with Gasteiger partial charge in [0, 0.05) is 29.7 Å². The summed E-state index contributed by atoms with van der Waals surface area (Å²) in [4.78, 5) is 8.33. The van der Waals surface area contributed by atoms with Gasteiger partial charge in [0.1, 0.15) is 11.4 Å². The Labute approximate surface area is 145 Å². The molecule has 0 aliphatic carbocycles. The van der Waals surface area contributed by atoms with Crippen molar-refractivity contribution in [1.29, 1.82) is 0 Å². The molecule has 0 unspecified atom stereocenters. The molecule has 2 aromatic heterocycles. The second-order valence-electron chi connectivity index (χ2n) is 5.52. The molecule has 0 saturated carbocycles. The van der Waals surface area contributed by atoms with E-state index in [1.807, 2.05) is 6.07 Å². The van der Waals surface area contributed by atoms with Crippen molar-refractivity contribution in [2.24, 2.45) is 10.2 Å². The van der Waals surface area contributed by atoms with E-state index in [0.717, 1.165) is 17.7 Å². The number of pyridine rings is 2. The average Bonchev–Trinajstić information content (AvgIpc) is 3.04. The lowest BCUT2D eigenvalue weighted by Crippen LogP contribution is -2.20. The van der Waals surface area contributed by atoms with Gasteiger partial charge < -0.3 is 0 Å². The average molecular weight is 357 g/mol. The Morgan fingerprint density at radius 3 is 2.62 bits per heavy atom. The van der Waals surface area contributed by atoms with Crippen LogP contribution in [0.25, 0.3) is 17.0 Å². The van der Waals surface area contributed by atoms with Gasteiger partial charge in [0.25, 0.3) is 0 Å². The molecule has 6 nitrogen and oxygen atoms in total. The molecular formula is C17H10F3N5O. The zero-order valence-corrected chi connectivity index (χ0v) is 13.0. The molecular weight excluding hydrogens is 347 g/mol. The van der Waals surface area contributed by atoms with Crippen molar-refractivity contribution >= 4 is 11.4 Å². The number of hydrogen-bond donors (Lipinski definition) is 1. The predicted octanol–water partition coefficient (Wildman–Crippen LogP) is 4.62. The third-order valence-corrected chi connectivity index (χ3v) is 3.85. The van der Waals surface area contributed by atoms with Gasteiger partial charge in [0.05, 0.1) is 23.2 Å². The van der Waals surface area contributed by atoms with Gasteiger partial charge in [-0.1, -0.05) is 0 Å². The van der Waals surface area contributed by atoms with Crippen LogP contribution >= 0.6 is 0 Å². The first-order valence-electron chi connectivity index (χ1n) is 7.45. The van der Waals surface area contributed by atoms with Crippen LogP contribution in [-0.2, 0) is 0 Å². The first-order valence-corrected chi connectivity index (χ1v) is 7.45. The van der Waals surface area contributed by atoms with E-state index < -0.39 is 11.7 Å². The summed E-state index contributed by atoms with van der Waals surface area (Å²) in [6, 6.07) is 5.30. The van der Waals surface area contributed by atoms with Crippen LogP contribution in [-0.4, -0.2) is 26.4 Å². The van der Waals surface area contributed by atoms with Gasteiger partial charge in [-0.3, -0.25) is 15.2 Å². The minimum absolute atomic E-state index is 0.0869. The number of hydrogen-bond acceptors (Lipinski definition) is 6. The molecule has 2 aliphatic heterocycles. The molecule has 0 spiro atoms. The number of hydroxylamine groups is 2. The van der Waals surface area contributed by atoms with Gasteiger partial charge in [-0.15, -0.1) is 10.2 Å². The van der Waals surface area contributed by atoms with Gasteiger partial charge >= 0.3 is 6.18 Å². The Balaban J connectivity index is 1.77. The third kappa shape index (κ3) is 2.78. The summed E-state index contributed by atoms with van der Waals surface area (Å²) < 4.78 is 38.3. The van der Waals surface area contributed by atoms with Crippen molar-refractivity contribution in [2.45, 2.75) is 6.18 Å². The number of aromatic nitrogens is 2. The summed E-state index contributed by atoms with van der Waals surface area (Å²) >= 11 is 0. The lowest BCUT2D eigenvalue weighted by Gasteiger charge is -2.21. The molecule has 1 N–H and O–H groups in total. The Kier molecular flexibility index (Phi) is 3.66. The number of rotatable bonds is 1. The summed E-state index contributed by atoms with van der Waals surface area (Å²) in [5.41, 5.74) is 1.77. The van der Waals surface area contributed by atoms with Gasteiger partial charge in [0.2, 0.25) is 0 Å². The summed E-state index contributed by atoms with van der Waals surface area (Å²) in [6.45, 7) is 0. The van der Waals surface area contributed by atoms with Crippen LogP contribution in [0.15, 0.2) is 76.6 Å². The van der Waals surface area contributed by atoms with E-state index >= 15 is 0 Å². The van der Waals surface area contributed by atoms with Crippen molar-refractivity contribution < 1.29 is 18.4 Å². The van der Waals surface area contributed by atoms with Crippen LogP contribution in [0.1, 0.15) is 5.56 Å². The number of alkyl halides is 3. The molecule has 2 aromatic rings. The van der Waals surface area contributed by atoms with Crippen LogP contribution in [0.2, 0.25) is 0 Å². The van der Waals surface area contributed by atoms with Crippen LogP contribution in [0.3, 0.4) is 0 Å². The van der Waals surface area contributed by atoms with Crippen molar-refractivity contribution in [3.63, 3.8) is 0 Å². The predicted molar refractivity (Wildman–Crippen MR) is 85.8 cm³/mol. The number of azo groups is 1. The minimum atomic E-state index is -4.56. The Morgan fingerprint density at radius 2 is 1.92 bits per heavy atom. The van der Waals surface area contributed by atoms with E-state index in [9.17, 15) is 18.4 Å². The SMILES string of the molecule is ON1C=C(C(F)(F)F)C=CC1=C1N=Nc2cnc(-c3cccnc3)cc21. The van der Waals surface area contributed by atoms with E-state index in [-0.39, 0.29) is 11.4 Å². The van der Waals surface area contributed by atoms with Crippen molar-refractivity contribution in [1.82, 2.24) is 15.0 Å². The zero-order chi connectivity index (χ0) is 18.3. The molecule has 0 saturated heterocycles. The van der Waals surface area contributed by atoms with Crippen molar-refractivity contribution in [2.75, 3.05) is 0 Å². The fraction of sp³-hybridized carbons (Fsp3) is 0.0588. The summed E-state index contributed by atoms with van der Waals surface area (Å²) in [6.07, 6.45) is 2.86. The molecule has 4 rings (SSSR count). The largest absolute Gasteiger partial charge is 0.417 e. The smallest absolute Gasteiger partial charge is 0.284 e.